The molecule has 0 fully saturated rings. The van der Waals surface area contributed by atoms with Gasteiger partial charge in [-0.05, 0) is 12.1 Å². The summed E-state index contributed by atoms with van der Waals surface area (Å²) in [5.41, 5.74) is 3.69. The van der Waals surface area contributed by atoms with Crippen LogP contribution in [0.3, 0.4) is 0 Å². The van der Waals surface area contributed by atoms with Crippen LogP contribution < -0.4 is 19.4 Å². The molecule has 2 aromatic rings. The first kappa shape index (κ1) is 14.2. The Hall–Kier alpha value is -2.75. The molecule has 116 valence electrons. The molecule has 0 atom stereocenters. The van der Waals surface area contributed by atoms with Crippen molar-refractivity contribution in [1.29, 1.82) is 0 Å². The van der Waals surface area contributed by atoms with Crippen LogP contribution in [0.15, 0.2) is 29.5 Å². The van der Waals surface area contributed by atoms with Gasteiger partial charge in [0.2, 0.25) is 0 Å². The summed E-state index contributed by atoms with van der Waals surface area (Å²) >= 11 is 0. The van der Waals surface area contributed by atoms with Crippen molar-refractivity contribution in [3.8, 4) is 11.5 Å². The van der Waals surface area contributed by atoms with Crippen LogP contribution in [-0.4, -0.2) is 38.1 Å². The number of hydrogen-bond acceptors (Lipinski definition) is 8. The zero-order valence-electron chi connectivity index (χ0n) is 11.8. The molecule has 9 nitrogen and oxygen atoms in total. The quantitative estimate of drug-likeness (QED) is 0.815. The fourth-order valence-corrected chi connectivity index (χ4v) is 2.39. The standard InChI is InChI=1S/C12H13N5O4S/c1-20-10-5-8(21-22(2,18)19)3-4-9(10)17-7-15-11-12(16-17)14-6-13-11/h3-7,16H,1-2H3,(H,13,14). The van der Waals surface area contributed by atoms with Gasteiger partial charge in [0.1, 0.15) is 23.5 Å². The lowest BCUT2D eigenvalue weighted by molar-refractivity contribution is 0.413. The third-order valence-corrected chi connectivity index (χ3v) is 3.30. The number of methoxy groups -OCH3 is 1. The van der Waals surface area contributed by atoms with Gasteiger partial charge in [0.05, 0.1) is 19.7 Å². The van der Waals surface area contributed by atoms with E-state index in [4.69, 9.17) is 8.92 Å². The fourth-order valence-electron chi connectivity index (χ4n) is 1.93. The Morgan fingerprint density at radius 2 is 2.14 bits per heavy atom. The number of aromatic nitrogens is 2. The molecule has 0 aliphatic carbocycles. The smallest absolute Gasteiger partial charge is 0.306 e. The van der Waals surface area contributed by atoms with Gasteiger partial charge in [-0.25, -0.2) is 15.0 Å². The minimum absolute atomic E-state index is 0.166. The maximum atomic E-state index is 11.2. The molecule has 2 heterocycles. The second-order valence-corrected chi connectivity index (χ2v) is 6.02. The summed E-state index contributed by atoms with van der Waals surface area (Å²) in [4.78, 5) is 11.1. The number of H-pyrrole nitrogens is 1. The van der Waals surface area contributed by atoms with Crippen molar-refractivity contribution >= 4 is 33.8 Å². The van der Waals surface area contributed by atoms with E-state index in [-0.39, 0.29) is 5.75 Å². The van der Waals surface area contributed by atoms with Crippen LogP contribution >= 0.6 is 0 Å². The topological polar surface area (TPSA) is 109 Å². The number of nitrogens with one attached hydrogen (secondary N) is 2. The predicted molar refractivity (Wildman–Crippen MR) is 81.3 cm³/mol. The number of fused-ring (bicyclic) bond motifs is 1. The number of aromatic amines is 1. The highest BCUT2D eigenvalue weighted by molar-refractivity contribution is 7.86. The monoisotopic (exact) mass is 323 g/mol. The first-order valence-electron chi connectivity index (χ1n) is 6.17. The molecule has 3 rings (SSSR count). The molecule has 0 unspecified atom stereocenters. The van der Waals surface area contributed by atoms with Gasteiger partial charge in [-0.2, -0.15) is 8.42 Å². The van der Waals surface area contributed by atoms with Crippen LogP contribution in [0.4, 0.5) is 17.3 Å². The molecule has 0 spiro atoms. The third-order valence-electron chi connectivity index (χ3n) is 2.81. The van der Waals surface area contributed by atoms with Crippen LogP contribution in [0.1, 0.15) is 0 Å². The van der Waals surface area contributed by atoms with Crippen molar-refractivity contribution in [3.63, 3.8) is 0 Å². The van der Waals surface area contributed by atoms with Crippen LogP contribution in [-0.2, 0) is 10.1 Å². The molecular weight excluding hydrogens is 310 g/mol. The van der Waals surface area contributed by atoms with Crippen molar-refractivity contribution in [3.05, 3.63) is 24.5 Å². The number of ether oxygens (including phenoxy) is 1. The van der Waals surface area contributed by atoms with Crippen molar-refractivity contribution in [2.75, 3.05) is 23.8 Å². The first-order chi connectivity index (χ1) is 10.5. The van der Waals surface area contributed by atoms with Crippen molar-refractivity contribution in [1.82, 2.24) is 9.97 Å². The Morgan fingerprint density at radius 3 is 2.86 bits per heavy atom. The molecule has 1 aliphatic rings. The molecule has 22 heavy (non-hydrogen) atoms. The number of nitrogens with zero attached hydrogens (tertiary/aromatic N) is 3. The average molecular weight is 323 g/mol. The van der Waals surface area contributed by atoms with Gasteiger partial charge in [-0.1, -0.05) is 0 Å². The lowest BCUT2D eigenvalue weighted by Gasteiger charge is -2.25. The highest BCUT2D eigenvalue weighted by Gasteiger charge is 2.18. The van der Waals surface area contributed by atoms with E-state index in [1.165, 1.54) is 31.9 Å². The summed E-state index contributed by atoms with van der Waals surface area (Å²) in [5.74, 6) is 1.77. The van der Waals surface area contributed by atoms with Gasteiger partial charge in [0, 0.05) is 6.07 Å². The molecule has 0 amide bonds. The summed E-state index contributed by atoms with van der Waals surface area (Å²) in [7, 11) is -2.12. The van der Waals surface area contributed by atoms with E-state index in [9.17, 15) is 8.42 Å². The SMILES string of the molecule is COc1cc(OS(C)(=O)=O)ccc1N1C=Nc2nc[nH]c2N1. The van der Waals surface area contributed by atoms with Crippen LogP contribution in [0.25, 0.3) is 0 Å². The summed E-state index contributed by atoms with van der Waals surface area (Å²) < 4.78 is 32.5. The van der Waals surface area contributed by atoms with Gasteiger partial charge in [-0.3, -0.25) is 5.43 Å². The first-order valence-corrected chi connectivity index (χ1v) is 7.99. The third kappa shape index (κ3) is 2.81. The largest absolute Gasteiger partial charge is 0.494 e. The number of imidazole rings is 1. The number of rotatable bonds is 4. The Morgan fingerprint density at radius 1 is 1.32 bits per heavy atom. The Labute approximate surface area is 126 Å². The summed E-state index contributed by atoms with van der Waals surface area (Å²) in [5, 5.41) is 1.61. The fraction of sp³-hybridized carbons (Fsp3) is 0.167. The van der Waals surface area contributed by atoms with Crippen molar-refractivity contribution < 1.29 is 17.3 Å². The molecule has 1 aromatic carbocycles. The average Bonchev–Trinajstić information content (AvgIpc) is 2.92. The zero-order valence-corrected chi connectivity index (χ0v) is 12.6. The van der Waals surface area contributed by atoms with Gasteiger partial charge >= 0.3 is 10.1 Å². The van der Waals surface area contributed by atoms with E-state index < -0.39 is 10.1 Å². The van der Waals surface area contributed by atoms with Crippen LogP contribution in [0, 0.1) is 0 Å². The summed E-state index contributed by atoms with van der Waals surface area (Å²) in [6, 6.07) is 4.66. The van der Waals surface area contributed by atoms with E-state index in [0.29, 0.717) is 23.1 Å². The highest BCUT2D eigenvalue weighted by atomic mass is 32.2. The lowest BCUT2D eigenvalue weighted by Crippen LogP contribution is -2.30. The second-order valence-electron chi connectivity index (χ2n) is 4.45. The number of aliphatic imine (C=N–C) groups is 1. The predicted octanol–water partition coefficient (Wildman–Crippen LogP) is 1.26. The maximum Gasteiger partial charge on any atom is 0.306 e. The highest BCUT2D eigenvalue weighted by Crippen LogP contribution is 2.34. The van der Waals surface area contributed by atoms with E-state index in [1.807, 2.05) is 0 Å². The van der Waals surface area contributed by atoms with E-state index in [2.05, 4.69) is 20.4 Å². The molecule has 1 aromatic heterocycles. The second kappa shape index (κ2) is 5.22. The van der Waals surface area contributed by atoms with Gasteiger partial charge in [0.15, 0.2) is 11.6 Å². The van der Waals surface area contributed by atoms with E-state index in [1.54, 1.807) is 11.1 Å². The molecular formula is C12H13N5O4S. The minimum Gasteiger partial charge on any atom is -0.494 e. The van der Waals surface area contributed by atoms with Gasteiger partial charge in [0.25, 0.3) is 0 Å². The van der Waals surface area contributed by atoms with Gasteiger partial charge in [-0.15, -0.1) is 0 Å². The number of anilines is 2. The number of benzene rings is 1. The Kier molecular flexibility index (Phi) is 3.37. The molecule has 0 bridgehead atoms. The maximum absolute atomic E-state index is 11.2. The zero-order chi connectivity index (χ0) is 15.7. The number of hydrogen-bond donors (Lipinski definition) is 2. The minimum atomic E-state index is -3.60. The van der Waals surface area contributed by atoms with E-state index in [0.717, 1.165) is 6.26 Å². The van der Waals surface area contributed by atoms with E-state index >= 15 is 0 Å². The lowest BCUT2D eigenvalue weighted by atomic mass is 10.2. The molecule has 0 radical (unpaired) electrons. The Bertz CT molecular complexity index is 830. The molecule has 2 N–H and O–H groups in total. The Balaban J connectivity index is 1.91. The van der Waals surface area contributed by atoms with Crippen LogP contribution in [0.5, 0.6) is 11.5 Å². The van der Waals surface area contributed by atoms with Crippen LogP contribution in [0.2, 0.25) is 0 Å². The molecule has 1 aliphatic heterocycles. The normalized spacial score (nSPS) is 13.5. The van der Waals surface area contributed by atoms with Crippen molar-refractivity contribution in [2.45, 2.75) is 0 Å². The summed E-state index contributed by atoms with van der Waals surface area (Å²) in [6.45, 7) is 0. The summed E-state index contributed by atoms with van der Waals surface area (Å²) in [6.07, 6.45) is 4.04. The molecule has 10 heteroatoms. The molecule has 0 saturated heterocycles. The number of hydrazine groups is 1. The molecule has 0 saturated carbocycles. The van der Waals surface area contributed by atoms with Gasteiger partial charge < -0.3 is 13.9 Å². The van der Waals surface area contributed by atoms with Crippen molar-refractivity contribution in [2.24, 2.45) is 4.99 Å².